The molecule has 3 rings (SSSR count). The first kappa shape index (κ1) is 23.3. The van der Waals surface area contributed by atoms with Crippen molar-refractivity contribution in [1.29, 1.82) is 0 Å². The SMILES string of the molecule is CCNC(=NCCNC(=O)c1ccco1)N1CCC(c2ccccc2)C(C)C1.I. The number of furan rings is 1. The number of aliphatic imine (C=N–C) groups is 1. The Morgan fingerprint density at radius 3 is 2.66 bits per heavy atom. The van der Waals surface area contributed by atoms with Crippen molar-refractivity contribution in [3.05, 3.63) is 60.1 Å². The van der Waals surface area contributed by atoms with Crippen molar-refractivity contribution in [2.24, 2.45) is 10.9 Å². The summed E-state index contributed by atoms with van der Waals surface area (Å²) in [4.78, 5) is 19.0. The zero-order valence-electron chi connectivity index (χ0n) is 17.1. The Morgan fingerprint density at radius 2 is 2.00 bits per heavy atom. The summed E-state index contributed by atoms with van der Waals surface area (Å²) >= 11 is 0. The van der Waals surface area contributed by atoms with Crippen LogP contribution in [0.1, 0.15) is 42.3 Å². The summed E-state index contributed by atoms with van der Waals surface area (Å²) in [5, 5.41) is 6.22. The Balaban J connectivity index is 0.00000300. The fourth-order valence-electron chi connectivity index (χ4n) is 3.79. The molecule has 6 nitrogen and oxygen atoms in total. The number of benzene rings is 1. The van der Waals surface area contributed by atoms with Crippen LogP contribution < -0.4 is 10.6 Å². The van der Waals surface area contributed by atoms with E-state index in [4.69, 9.17) is 9.41 Å². The van der Waals surface area contributed by atoms with E-state index in [1.165, 1.54) is 11.8 Å². The number of carbonyl (C=O) groups is 1. The van der Waals surface area contributed by atoms with Gasteiger partial charge in [-0.05, 0) is 42.9 Å². The molecule has 1 fully saturated rings. The van der Waals surface area contributed by atoms with Gasteiger partial charge in [-0.25, -0.2) is 0 Å². The maximum absolute atomic E-state index is 11.9. The van der Waals surface area contributed by atoms with Gasteiger partial charge in [-0.15, -0.1) is 24.0 Å². The van der Waals surface area contributed by atoms with Crippen molar-refractivity contribution in [2.45, 2.75) is 26.2 Å². The van der Waals surface area contributed by atoms with E-state index in [2.05, 4.69) is 59.7 Å². The number of carbonyl (C=O) groups excluding carboxylic acids is 1. The van der Waals surface area contributed by atoms with Crippen LogP contribution in [0.5, 0.6) is 0 Å². The molecule has 0 spiro atoms. The van der Waals surface area contributed by atoms with Crippen LogP contribution >= 0.6 is 24.0 Å². The lowest BCUT2D eigenvalue weighted by molar-refractivity contribution is 0.0927. The van der Waals surface area contributed by atoms with Crippen LogP contribution in [0.4, 0.5) is 0 Å². The van der Waals surface area contributed by atoms with Crippen molar-refractivity contribution in [3.8, 4) is 0 Å². The Bertz CT molecular complexity index is 764. The minimum atomic E-state index is -0.206. The Hall–Kier alpha value is -2.03. The molecule has 1 aromatic carbocycles. The Labute approximate surface area is 190 Å². The minimum absolute atomic E-state index is 0. The summed E-state index contributed by atoms with van der Waals surface area (Å²) in [6.07, 6.45) is 2.61. The van der Waals surface area contributed by atoms with Crippen LogP contribution in [-0.4, -0.2) is 49.5 Å². The standard InChI is InChI=1S/C22H30N4O2.HI/c1-3-23-22(25-13-12-24-21(27)20-10-7-15-28-20)26-14-11-19(17(2)16-26)18-8-5-4-6-9-18;/h4-10,15,17,19H,3,11-14,16H2,1-2H3,(H,23,25)(H,24,27);1H. The fraction of sp³-hybridized carbons (Fsp3) is 0.455. The molecular formula is C22H31IN4O2. The zero-order chi connectivity index (χ0) is 19.8. The fourth-order valence-corrected chi connectivity index (χ4v) is 3.79. The van der Waals surface area contributed by atoms with Crippen LogP contribution in [0, 0.1) is 5.92 Å². The van der Waals surface area contributed by atoms with Gasteiger partial charge in [0.2, 0.25) is 0 Å². The maximum Gasteiger partial charge on any atom is 0.287 e. The predicted octanol–water partition coefficient (Wildman–Crippen LogP) is 3.72. The molecule has 2 aromatic rings. The molecule has 0 bridgehead atoms. The maximum atomic E-state index is 11.9. The first-order valence-electron chi connectivity index (χ1n) is 10.1. The highest BCUT2D eigenvalue weighted by molar-refractivity contribution is 14.0. The van der Waals surface area contributed by atoms with E-state index >= 15 is 0 Å². The van der Waals surface area contributed by atoms with Crippen LogP contribution in [0.3, 0.4) is 0 Å². The zero-order valence-corrected chi connectivity index (χ0v) is 19.5. The van der Waals surface area contributed by atoms with E-state index in [0.717, 1.165) is 32.0 Å². The first-order chi connectivity index (χ1) is 13.7. The summed E-state index contributed by atoms with van der Waals surface area (Å²) in [7, 11) is 0. The van der Waals surface area contributed by atoms with E-state index in [9.17, 15) is 4.79 Å². The number of likely N-dealkylation sites (tertiary alicyclic amines) is 1. The van der Waals surface area contributed by atoms with Crippen LogP contribution in [0.15, 0.2) is 58.1 Å². The van der Waals surface area contributed by atoms with E-state index in [0.29, 0.717) is 30.7 Å². The first-order valence-corrected chi connectivity index (χ1v) is 10.1. The Morgan fingerprint density at radius 1 is 1.21 bits per heavy atom. The summed E-state index contributed by atoms with van der Waals surface area (Å²) in [6, 6.07) is 14.1. The second-order valence-corrected chi connectivity index (χ2v) is 7.20. The molecule has 29 heavy (non-hydrogen) atoms. The van der Waals surface area contributed by atoms with E-state index < -0.39 is 0 Å². The van der Waals surface area contributed by atoms with Gasteiger partial charge in [0.1, 0.15) is 0 Å². The quantitative estimate of drug-likeness (QED) is 0.269. The monoisotopic (exact) mass is 510 g/mol. The van der Waals surface area contributed by atoms with E-state index in [1.807, 2.05) is 0 Å². The molecule has 1 aliphatic heterocycles. The van der Waals surface area contributed by atoms with Crippen molar-refractivity contribution < 1.29 is 9.21 Å². The lowest BCUT2D eigenvalue weighted by Crippen LogP contribution is -2.48. The molecule has 1 aliphatic rings. The summed E-state index contributed by atoms with van der Waals surface area (Å²) in [5.74, 6) is 2.19. The number of nitrogens with zero attached hydrogens (tertiary/aromatic N) is 2. The smallest absolute Gasteiger partial charge is 0.287 e. The van der Waals surface area contributed by atoms with Crippen LogP contribution in [-0.2, 0) is 0 Å². The molecular weight excluding hydrogens is 479 g/mol. The highest BCUT2D eigenvalue weighted by Crippen LogP contribution is 2.32. The molecule has 0 aliphatic carbocycles. The van der Waals surface area contributed by atoms with E-state index in [-0.39, 0.29) is 29.9 Å². The van der Waals surface area contributed by atoms with Gasteiger partial charge in [0.05, 0.1) is 12.8 Å². The molecule has 2 heterocycles. The lowest BCUT2D eigenvalue weighted by atomic mass is 9.82. The molecule has 0 saturated carbocycles. The van der Waals surface area contributed by atoms with Crippen LogP contribution in [0.25, 0.3) is 0 Å². The van der Waals surface area contributed by atoms with Gasteiger partial charge in [-0.2, -0.15) is 0 Å². The van der Waals surface area contributed by atoms with Gasteiger partial charge < -0.3 is 20.0 Å². The largest absolute Gasteiger partial charge is 0.459 e. The van der Waals surface area contributed by atoms with Gasteiger partial charge in [0.15, 0.2) is 11.7 Å². The normalized spacial score (nSPS) is 19.4. The Kier molecular flexibility index (Phi) is 9.50. The third-order valence-corrected chi connectivity index (χ3v) is 5.17. The number of hydrogen-bond acceptors (Lipinski definition) is 3. The number of hydrogen-bond donors (Lipinski definition) is 2. The lowest BCUT2D eigenvalue weighted by Gasteiger charge is -2.39. The molecule has 158 valence electrons. The second-order valence-electron chi connectivity index (χ2n) is 7.20. The average molecular weight is 510 g/mol. The number of rotatable bonds is 6. The summed E-state index contributed by atoms with van der Waals surface area (Å²) in [5.41, 5.74) is 1.43. The molecule has 2 atom stereocenters. The molecule has 1 saturated heterocycles. The average Bonchev–Trinajstić information content (AvgIpc) is 3.26. The molecule has 2 unspecified atom stereocenters. The van der Waals surface area contributed by atoms with Gasteiger partial charge >= 0.3 is 0 Å². The third kappa shape index (κ3) is 6.48. The number of nitrogens with one attached hydrogen (secondary N) is 2. The number of guanidine groups is 1. The molecule has 1 aromatic heterocycles. The second kappa shape index (κ2) is 11.8. The molecule has 0 radical (unpaired) electrons. The topological polar surface area (TPSA) is 69.9 Å². The number of piperidine rings is 1. The van der Waals surface area contributed by atoms with Gasteiger partial charge in [0.25, 0.3) is 5.91 Å². The van der Waals surface area contributed by atoms with Gasteiger partial charge in [-0.3, -0.25) is 9.79 Å². The summed E-state index contributed by atoms with van der Waals surface area (Å²) < 4.78 is 5.10. The number of amides is 1. The van der Waals surface area contributed by atoms with Crippen molar-refractivity contribution >= 4 is 35.8 Å². The van der Waals surface area contributed by atoms with Gasteiger partial charge in [0, 0.05) is 26.2 Å². The molecule has 1 amide bonds. The van der Waals surface area contributed by atoms with Gasteiger partial charge in [-0.1, -0.05) is 37.3 Å². The minimum Gasteiger partial charge on any atom is -0.459 e. The van der Waals surface area contributed by atoms with Crippen LogP contribution in [0.2, 0.25) is 0 Å². The van der Waals surface area contributed by atoms with E-state index in [1.54, 1.807) is 12.1 Å². The molecule has 2 N–H and O–H groups in total. The highest BCUT2D eigenvalue weighted by Gasteiger charge is 2.28. The highest BCUT2D eigenvalue weighted by atomic mass is 127. The number of halogens is 1. The van der Waals surface area contributed by atoms with Crippen molar-refractivity contribution in [1.82, 2.24) is 15.5 Å². The summed E-state index contributed by atoms with van der Waals surface area (Å²) in [6.45, 7) is 8.18. The predicted molar refractivity (Wildman–Crippen MR) is 127 cm³/mol. The van der Waals surface area contributed by atoms with Crippen molar-refractivity contribution in [3.63, 3.8) is 0 Å². The molecule has 7 heteroatoms. The van der Waals surface area contributed by atoms with Crippen molar-refractivity contribution in [2.75, 3.05) is 32.7 Å². The third-order valence-electron chi connectivity index (χ3n) is 5.17.